The molecule has 6 nitrogen and oxygen atoms in total. The van der Waals surface area contributed by atoms with Crippen LogP contribution < -0.4 is 16.0 Å². The minimum Gasteiger partial charge on any atom is -0.368 e. The third-order valence-corrected chi connectivity index (χ3v) is 4.47. The summed E-state index contributed by atoms with van der Waals surface area (Å²) in [5, 5.41) is 3.26. The van der Waals surface area contributed by atoms with Gasteiger partial charge in [0.2, 0.25) is 11.8 Å². The van der Waals surface area contributed by atoms with Crippen molar-refractivity contribution in [1.29, 1.82) is 0 Å². The van der Waals surface area contributed by atoms with Gasteiger partial charge >= 0.3 is 0 Å². The number of nitrogens with zero attached hydrogens (tertiary/aromatic N) is 2. The summed E-state index contributed by atoms with van der Waals surface area (Å²) in [5.74, 6) is -0.174. The third-order valence-electron chi connectivity index (χ3n) is 4.47. The van der Waals surface area contributed by atoms with Crippen molar-refractivity contribution in [3.8, 4) is 0 Å². The minimum absolute atomic E-state index is 0.0152. The van der Waals surface area contributed by atoms with Gasteiger partial charge < -0.3 is 20.9 Å². The second kappa shape index (κ2) is 6.36. The molecule has 1 aromatic rings. The van der Waals surface area contributed by atoms with E-state index in [1.165, 1.54) is 0 Å². The van der Waals surface area contributed by atoms with Crippen LogP contribution >= 0.6 is 0 Å². The number of benzene rings is 1. The van der Waals surface area contributed by atoms with Crippen LogP contribution in [0.3, 0.4) is 0 Å². The first-order valence-corrected chi connectivity index (χ1v) is 7.82. The van der Waals surface area contributed by atoms with Crippen molar-refractivity contribution < 1.29 is 9.59 Å². The highest BCUT2D eigenvalue weighted by Gasteiger charge is 2.29. The molecule has 0 radical (unpaired) electrons. The molecule has 0 spiro atoms. The maximum Gasteiger partial charge on any atom is 0.248 e. The van der Waals surface area contributed by atoms with Crippen LogP contribution in [0.25, 0.3) is 0 Å². The first kappa shape index (κ1) is 14.8. The summed E-state index contributed by atoms with van der Waals surface area (Å²) in [6.45, 7) is 4.06. The summed E-state index contributed by atoms with van der Waals surface area (Å²) < 4.78 is 0. The van der Waals surface area contributed by atoms with Crippen LogP contribution in [0.1, 0.15) is 23.2 Å². The summed E-state index contributed by atoms with van der Waals surface area (Å²) in [6.07, 6.45) is 2.04. The zero-order chi connectivity index (χ0) is 15.5. The molecule has 3 rings (SSSR count). The van der Waals surface area contributed by atoms with Gasteiger partial charge in [-0.25, -0.2) is 0 Å². The molecule has 118 valence electrons. The lowest BCUT2D eigenvalue weighted by Gasteiger charge is -2.37. The molecule has 2 aliphatic heterocycles. The summed E-state index contributed by atoms with van der Waals surface area (Å²) in [4.78, 5) is 27.6. The number of primary amides is 1. The van der Waals surface area contributed by atoms with Gasteiger partial charge in [0.1, 0.15) is 0 Å². The Labute approximate surface area is 130 Å². The van der Waals surface area contributed by atoms with Crippen LogP contribution in [-0.4, -0.2) is 55.5 Å². The number of carbonyl (C=O) groups is 2. The molecule has 0 aliphatic carbocycles. The maximum atomic E-state index is 12.4. The quantitative estimate of drug-likeness (QED) is 0.835. The number of hydrogen-bond donors (Lipinski definition) is 2. The topological polar surface area (TPSA) is 78.7 Å². The fraction of sp³-hybridized carbons (Fsp3) is 0.500. The summed E-state index contributed by atoms with van der Waals surface area (Å²) >= 11 is 0. The predicted molar refractivity (Wildman–Crippen MR) is 84.8 cm³/mol. The molecule has 0 saturated carbocycles. The van der Waals surface area contributed by atoms with Gasteiger partial charge in [-0.2, -0.15) is 0 Å². The van der Waals surface area contributed by atoms with E-state index in [1.807, 2.05) is 17.0 Å². The van der Waals surface area contributed by atoms with Crippen LogP contribution in [-0.2, 0) is 4.79 Å². The van der Waals surface area contributed by atoms with E-state index in [1.54, 1.807) is 12.1 Å². The van der Waals surface area contributed by atoms with Crippen LogP contribution in [0.2, 0.25) is 0 Å². The lowest BCUT2D eigenvalue weighted by Crippen LogP contribution is -2.53. The van der Waals surface area contributed by atoms with Gasteiger partial charge in [-0.15, -0.1) is 0 Å². The van der Waals surface area contributed by atoms with E-state index in [2.05, 4.69) is 10.2 Å². The fourth-order valence-corrected chi connectivity index (χ4v) is 3.14. The largest absolute Gasteiger partial charge is 0.368 e. The standard InChI is InChI=1S/C16H22N4O2/c17-15(21)12-3-5-13(6-4-12)19-8-10-20(11-9-19)16(22)14-2-1-7-18-14/h3-6,14,18H,1-2,7-11H2,(H2,17,21)/t14-/m0/s1. The summed E-state index contributed by atoms with van der Waals surface area (Å²) in [7, 11) is 0. The smallest absolute Gasteiger partial charge is 0.248 e. The van der Waals surface area contributed by atoms with Gasteiger partial charge in [0.25, 0.3) is 0 Å². The average Bonchev–Trinajstić information content (AvgIpc) is 3.09. The Balaban J connectivity index is 1.57. The molecule has 0 bridgehead atoms. The van der Waals surface area contributed by atoms with Gasteiger partial charge in [0, 0.05) is 37.4 Å². The zero-order valence-corrected chi connectivity index (χ0v) is 12.6. The fourth-order valence-electron chi connectivity index (χ4n) is 3.14. The molecule has 3 N–H and O–H groups in total. The Morgan fingerprint density at radius 1 is 1.09 bits per heavy atom. The second-order valence-corrected chi connectivity index (χ2v) is 5.87. The maximum absolute atomic E-state index is 12.4. The number of hydrogen-bond acceptors (Lipinski definition) is 4. The molecular formula is C16H22N4O2. The number of carbonyl (C=O) groups excluding carboxylic acids is 2. The van der Waals surface area contributed by atoms with Crippen molar-refractivity contribution in [2.75, 3.05) is 37.6 Å². The van der Waals surface area contributed by atoms with Crippen LogP contribution in [0.5, 0.6) is 0 Å². The van der Waals surface area contributed by atoms with E-state index in [9.17, 15) is 9.59 Å². The normalized spacial score (nSPS) is 21.9. The van der Waals surface area contributed by atoms with E-state index in [0.717, 1.165) is 51.3 Å². The Hall–Kier alpha value is -2.08. The molecule has 2 saturated heterocycles. The monoisotopic (exact) mass is 302 g/mol. The summed E-state index contributed by atoms with van der Waals surface area (Å²) in [5.41, 5.74) is 6.84. The van der Waals surface area contributed by atoms with Crippen molar-refractivity contribution in [2.24, 2.45) is 5.73 Å². The summed E-state index contributed by atoms with van der Waals surface area (Å²) in [6, 6.07) is 7.34. The lowest BCUT2D eigenvalue weighted by molar-refractivity contribution is -0.133. The number of piperazine rings is 1. The van der Waals surface area contributed by atoms with Crippen molar-refractivity contribution in [1.82, 2.24) is 10.2 Å². The molecule has 22 heavy (non-hydrogen) atoms. The van der Waals surface area contributed by atoms with E-state index in [4.69, 9.17) is 5.73 Å². The van der Waals surface area contributed by atoms with Gasteiger partial charge in [-0.1, -0.05) is 0 Å². The van der Waals surface area contributed by atoms with E-state index >= 15 is 0 Å². The number of amides is 2. The van der Waals surface area contributed by atoms with Crippen molar-refractivity contribution in [3.05, 3.63) is 29.8 Å². The molecule has 1 atom stereocenters. The van der Waals surface area contributed by atoms with Gasteiger partial charge in [-0.05, 0) is 43.7 Å². The Kier molecular flexibility index (Phi) is 4.29. The molecule has 0 unspecified atom stereocenters. The van der Waals surface area contributed by atoms with E-state index in [-0.39, 0.29) is 11.9 Å². The predicted octanol–water partition coefficient (Wildman–Crippen LogP) is 0.186. The average molecular weight is 302 g/mol. The van der Waals surface area contributed by atoms with E-state index in [0.29, 0.717) is 5.56 Å². The van der Waals surface area contributed by atoms with Crippen molar-refractivity contribution in [2.45, 2.75) is 18.9 Å². The second-order valence-electron chi connectivity index (χ2n) is 5.87. The number of rotatable bonds is 3. The van der Waals surface area contributed by atoms with Crippen LogP contribution in [0.15, 0.2) is 24.3 Å². The highest BCUT2D eigenvalue weighted by Crippen LogP contribution is 2.18. The molecule has 1 aromatic carbocycles. The Morgan fingerprint density at radius 2 is 1.77 bits per heavy atom. The molecule has 6 heteroatoms. The highest BCUT2D eigenvalue weighted by molar-refractivity contribution is 5.93. The van der Waals surface area contributed by atoms with Crippen molar-refractivity contribution in [3.63, 3.8) is 0 Å². The number of anilines is 1. The van der Waals surface area contributed by atoms with E-state index < -0.39 is 5.91 Å². The molecular weight excluding hydrogens is 280 g/mol. The van der Waals surface area contributed by atoms with Crippen LogP contribution in [0.4, 0.5) is 5.69 Å². The molecule has 2 heterocycles. The molecule has 2 fully saturated rings. The van der Waals surface area contributed by atoms with Gasteiger partial charge in [0.05, 0.1) is 6.04 Å². The first-order chi connectivity index (χ1) is 10.6. The van der Waals surface area contributed by atoms with Gasteiger partial charge in [0.15, 0.2) is 0 Å². The van der Waals surface area contributed by atoms with Crippen molar-refractivity contribution >= 4 is 17.5 Å². The zero-order valence-electron chi connectivity index (χ0n) is 12.6. The third kappa shape index (κ3) is 3.06. The minimum atomic E-state index is -0.411. The van der Waals surface area contributed by atoms with Gasteiger partial charge in [-0.3, -0.25) is 9.59 Å². The number of nitrogens with one attached hydrogen (secondary N) is 1. The number of nitrogens with two attached hydrogens (primary N) is 1. The molecule has 2 amide bonds. The SMILES string of the molecule is NC(=O)c1ccc(N2CCN(C(=O)[C@@H]3CCCN3)CC2)cc1. The van der Waals surface area contributed by atoms with Crippen LogP contribution in [0, 0.1) is 0 Å². The lowest BCUT2D eigenvalue weighted by atomic mass is 10.1. The Morgan fingerprint density at radius 3 is 2.32 bits per heavy atom. The molecule has 0 aromatic heterocycles. The first-order valence-electron chi connectivity index (χ1n) is 7.82. The Bertz CT molecular complexity index is 544. The molecule has 2 aliphatic rings. The highest BCUT2D eigenvalue weighted by atomic mass is 16.2.